The molecular formula is C31H33ClF3N10O4+. The number of nitrogens with zero attached hydrogens (tertiary/aromatic N) is 9. The molecule has 2 aliphatic heterocycles. The minimum atomic E-state index is -4.82. The molecule has 6 rings (SSSR count). The lowest BCUT2D eigenvalue weighted by molar-refractivity contribution is -0.894. The molecule has 49 heavy (non-hydrogen) atoms. The lowest BCUT2D eigenvalue weighted by Gasteiger charge is -2.38. The molecule has 1 aromatic carbocycles. The molecular weight excluding hydrogens is 669 g/mol. The number of carbonyl (C=O) groups is 3. The summed E-state index contributed by atoms with van der Waals surface area (Å²) in [6.45, 7) is 1.81. The molecule has 258 valence electrons. The first-order chi connectivity index (χ1) is 23.1. The molecule has 2 atom stereocenters. The molecule has 0 aliphatic carbocycles. The van der Waals surface area contributed by atoms with Gasteiger partial charge in [0.15, 0.2) is 17.6 Å². The summed E-state index contributed by atoms with van der Waals surface area (Å²) in [7, 11) is 5.24. The molecule has 0 bridgehead atoms. The highest BCUT2D eigenvalue weighted by Crippen LogP contribution is 2.37. The Labute approximate surface area is 283 Å². The van der Waals surface area contributed by atoms with Crippen molar-refractivity contribution >= 4 is 35.0 Å². The largest absolute Gasteiger partial charge is 0.435 e. The number of hydrogen-bond acceptors (Lipinski definition) is 8. The van der Waals surface area contributed by atoms with Crippen LogP contribution in [0.2, 0.25) is 5.02 Å². The maximum atomic E-state index is 13.9. The van der Waals surface area contributed by atoms with Crippen molar-refractivity contribution in [3.63, 3.8) is 0 Å². The molecule has 2 saturated heterocycles. The molecule has 0 radical (unpaired) electrons. The molecule has 14 nitrogen and oxygen atoms in total. The zero-order chi connectivity index (χ0) is 35.2. The molecule has 0 saturated carbocycles. The smallest absolute Gasteiger partial charge is 0.387 e. The summed E-state index contributed by atoms with van der Waals surface area (Å²) < 4.78 is 44.4. The second-order valence-corrected chi connectivity index (χ2v) is 12.9. The van der Waals surface area contributed by atoms with Crippen LogP contribution in [0, 0.1) is 0 Å². The van der Waals surface area contributed by atoms with Crippen LogP contribution in [-0.2, 0) is 18.0 Å². The van der Waals surface area contributed by atoms with Gasteiger partial charge in [-0.3, -0.25) is 14.4 Å². The predicted molar refractivity (Wildman–Crippen MR) is 170 cm³/mol. The highest BCUT2D eigenvalue weighted by Gasteiger charge is 2.47. The van der Waals surface area contributed by atoms with Crippen LogP contribution < -0.4 is 5.32 Å². The lowest BCUT2D eigenvalue weighted by Crippen LogP contribution is -2.58. The Balaban J connectivity index is 1.12. The van der Waals surface area contributed by atoms with Crippen molar-refractivity contribution in [1.82, 2.24) is 39.1 Å². The number of nitrogens with one attached hydrogen (secondary N) is 1. The second kappa shape index (κ2) is 12.9. The zero-order valence-corrected chi connectivity index (χ0v) is 27.5. The fraction of sp³-hybridized carbons (Fsp3) is 0.387. The maximum Gasteiger partial charge on any atom is 0.435 e. The number of benzene rings is 1. The van der Waals surface area contributed by atoms with Crippen LogP contribution in [0.3, 0.4) is 0 Å². The van der Waals surface area contributed by atoms with Crippen molar-refractivity contribution in [1.29, 1.82) is 0 Å². The van der Waals surface area contributed by atoms with Crippen molar-refractivity contribution in [2.75, 3.05) is 52.1 Å². The van der Waals surface area contributed by atoms with Gasteiger partial charge in [-0.1, -0.05) is 11.6 Å². The molecule has 2 N–H and O–H groups in total. The van der Waals surface area contributed by atoms with Gasteiger partial charge in [-0.05, 0) is 24.3 Å². The number of alkyl halides is 3. The summed E-state index contributed by atoms with van der Waals surface area (Å²) in [5.74, 6) is -1.36. The summed E-state index contributed by atoms with van der Waals surface area (Å²) >= 11 is 6.48. The maximum absolute atomic E-state index is 13.9. The van der Waals surface area contributed by atoms with Crippen LogP contribution in [0.5, 0.6) is 0 Å². The van der Waals surface area contributed by atoms with Gasteiger partial charge < -0.3 is 29.3 Å². The summed E-state index contributed by atoms with van der Waals surface area (Å²) in [5, 5.41) is 16.4. The van der Waals surface area contributed by atoms with Crippen molar-refractivity contribution in [2.24, 2.45) is 7.05 Å². The SMILES string of the molecule is Cn1c(-c2cn(-c3ncccn3)nc2C(F)(F)F)cnc1C(=O)Nc1ccc(C(=O)N2CCN(C(=O)[C@@H]3C[C@@H](O)C[N+]3(C)C)CC2)c(Cl)c1. The van der Waals surface area contributed by atoms with Gasteiger partial charge in [0.1, 0.15) is 12.6 Å². The predicted octanol–water partition coefficient (Wildman–Crippen LogP) is 2.48. The number of likely N-dealkylation sites (N-methyl/N-ethyl adjacent to an activating group) is 1. The first-order valence-electron chi connectivity index (χ1n) is 15.3. The Kier molecular flexibility index (Phi) is 8.93. The molecule has 4 aromatic rings. The molecule has 5 heterocycles. The van der Waals surface area contributed by atoms with E-state index in [-0.39, 0.29) is 57.2 Å². The van der Waals surface area contributed by atoms with E-state index in [9.17, 15) is 32.7 Å². The normalized spacial score (nSPS) is 19.3. The Morgan fingerprint density at radius 2 is 1.71 bits per heavy atom. The number of quaternary nitrogens is 1. The molecule has 2 fully saturated rings. The highest BCUT2D eigenvalue weighted by atomic mass is 35.5. The van der Waals surface area contributed by atoms with Gasteiger partial charge in [0.05, 0.1) is 42.1 Å². The van der Waals surface area contributed by atoms with E-state index in [0.717, 1.165) is 17.1 Å². The third-order valence-corrected chi connectivity index (χ3v) is 9.16. The van der Waals surface area contributed by atoms with Gasteiger partial charge in [-0.15, -0.1) is 0 Å². The minimum Gasteiger partial charge on any atom is -0.387 e. The first kappa shape index (κ1) is 34.0. The molecule has 3 amide bonds. The van der Waals surface area contributed by atoms with E-state index < -0.39 is 23.9 Å². The van der Waals surface area contributed by atoms with Crippen molar-refractivity contribution < 1.29 is 37.1 Å². The van der Waals surface area contributed by atoms with Crippen LogP contribution >= 0.6 is 11.6 Å². The van der Waals surface area contributed by atoms with E-state index >= 15 is 0 Å². The number of carbonyl (C=O) groups excluding carboxylic acids is 3. The van der Waals surface area contributed by atoms with Crippen molar-refractivity contribution in [3.8, 4) is 17.2 Å². The topological polar surface area (TPSA) is 151 Å². The number of aromatic nitrogens is 6. The monoisotopic (exact) mass is 701 g/mol. The highest BCUT2D eigenvalue weighted by molar-refractivity contribution is 6.34. The van der Waals surface area contributed by atoms with E-state index in [4.69, 9.17) is 11.6 Å². The van der Waals surface area contributed by atoms with Gasteiger partial charge in [-0.25, -0.2) is 19.6 Å². The lowest BCUT2D eigenvalue weighted by atomic mass is 10.1. The fourth-order valence-corrected chi connectivity index (χ4v) is 6.57. The summed E-state index contributed by atoms with van der Waals surface area (Å²) in [5.41, 5.74) is -1.12. The van der Waals surface area contributed by atoms with Gasteiger partial charge in [0, 0.05) is 63.9 Å². The number of anilines is 1. The quantitative estimate of drug-likeness (QED) is 0.291. The van der Waals surface area contributed by atoms with Crippen LogP contribution in [0.25, 0.3) is 17.2 Å². The Morgan fingerprint density at radius 3 is 2.33 bits per heavy atom. The Hall–Kier alpha value is -4.87. The minimum absolute atomic E-state index is 0.0240. The third kappa shape index (κ3) is 6.73. The van der Waals surface area contributed by atoms with Crippen LogP contribution in [-0.4, -0.2) is 125 Å². The number of amides is 3. The number of piperazine rings is 1. The molecule has 0 unspecified atom stereocenters. The van der Waals surface area contributed by atoms with Gasteiger partial charge in [0.25, 0.3) is 17.7 Å². The summed E-state index contributed by atoms with van der Waals surface area (Å²) in [6.07, 6.45) is 0.0457. The average molecular weight is 702 g/mol. The number of hydrogen-bond donors (Lipinski definition) is 2. The number of aliphatic hydroxyl groups excluding tert-OH is 1. The van der Waals surface area contributed by atoms with Gasteiger partial charge in [0.2, 0.25) is 5.95 Å². The van der Waals surface area contributed by atoms with E-state index in [1.54, 1.807) is 9.80 Å². The summed E-state index contributed by atoms with van der Waals surface area (Å²) in [4.78, 5) is 55.0. The number of imidazole rings is 1. The van der Waals surface area contributed by atoms with Crippen molar-refractivity contribution in [3.05, 3.63) is 71.2 Å². The number of halogens is 4. The molecule has 18 heteroatoms. The molecule has 2 aliphatic rings. The fourth-order valence-electron chi connectivity index (χ4n) is 6.31. The van der Waals surface area contributed by atoms with Crippen LogP contribution in [0.1, 0.15) is 33.1 Å². The second-order valence-electron chi connectivity index (χ2n) is 12.5. The van der Waals surface area contributed by atoms with Gasteiger partial charge >= 0.3 is 6.18 Å². The van der Waals surface area contributed by atoms with Gasteiger partial charge in [-0.2, -0.15) is 18.3 Å². The van der Waals surface area contributed by atoms with Crippen LogP contribution in [0.15, 0.2) is 49.1 Å². The molecule has 3 aromatic heterocycles. The molecule has 0 spiro atoms. The number of aliphatic hydroxyl groups is 1. The van der Waals surface area contributed by atoms with E-state index in [1.165, 1.54) is 48.3 Å². The third-order valence-electron chi connectivity index (χ3n) is 8.85. The zero-order valence-electron chi connectivity index (χ0n) is 26.7. The number of likely N-dealkylation sites (tertiary alicyclic amines) is 1. The van der Waals surface area contributed by atoms with E-state index in [0.29, 0.717) is 43.6 Å². The Morgan fingerprint density at radius 1 is 1.04 bits per heavy atom. The van der Waals surface area contributed by atoms with Crippen LogP contribution in [0.4, 0.5) is 18.9 Å². The van der Waals surface area contributed by atoms with Crippen molar-refractivity contribution in [2.45, 2.75) is 24.7 Å². The summed E-state index contributed by atoms with van der Waals surface area (Å²) in [6, 6.07) is 5.53. The first-order valence-corrected chi connectivity index (χ1v) is 15.7. The van der Waals surface area contributed by atoms with E-state index in [2.05, 4.69) is 25.4 Å². The standard InChI is InChI=1S/C31H32ClF3N10O4/c1-41-23(21-16-44(30-36-7-4-8-37-30)40-25(21)31(33,34)35)15-38-26(41)27(47)39-18-5-6-20(22(32)13-18)28(48)42-9-11-43(12-10-42)29(49)24-14-19(46)17-45(24,2)3/h4-8,13,15-16,19,24,46H,9-12,14,17H2,1-3H3/p+1/t19-,24+/m1/s1. The number of rotatable bonds is 6. The average Bonchev–Trinajstić information content (AvgIpc) is 3.75. The Bertz CT molecular complexity index is 1900. The van der Waals surface area contributed by atoms with E-state index in [1.807, 2.05) is 14.1 Å².